The van der Waals surface area contributed by atoms with Crippen molar-refractivity contribution in [3.05, 3.63) is 48.2 Å². The molecule has 1 aliphatic rings. The summed E-state index contributed by atoms with van der Waals surface area (Å²) in [7, 11) is 3.12. The van der Waals surface area contributed by atoms with E-state index in [1.165, 1.54) is 6.92 Å². The molecule has 0 radical (unpaired) electrons. The molecule has 0 bridgehead atoms. The van der Waals surface area contributed by atoms with Gasteiger partial charge in [0.05, 0.1) is 26.3 Å². The average Bonchev–Trinajstić information content (AvgIpc) is 3.27. The molecule has 0 saturated heterocycles. The van der Waals surface area contributed by atoms with E-state index >= 15 is 0 Å². The van der Waals surface area contributed by atoms with E-state index in [1.54, 1.807) is 49.2 Å². The zero-order valence-electron chi connectivity index (χ0n) is 19.3. The molecular weight excluding hydrogens is 438 g/mol. The van der Waals surface area contributed by atoms with E-state index in [4.69, 9.17) is 9.47 Å². The van der Waals surface area contributed by atoms with Crippen molar-refractivity contribution < 1.29 is 23.9 Å². The lowest BCUT2D eigenvalue weighted by Crippen LogP contribution is -2.23. The molecule has 0 fully saturated rings. The van der Waals surface area contributed by atoms with Crippen LogP contribution < -0.4 is 25.4 Å². The van der Waals surface area contributed by atoms with Gasteiger partial charge < -0.3 is 25.4 Å². The van der Waals surface area contributed by atoms with Gasteiger partial charge in [-0.3, -0.25) is 14.4 Å². The Hall–Kier alpha value is -4.34. The summed E-state index contributed by atoms with van der Waals surface area (Å²) in [6.07, 6.45) is -0.0845. The van der Waals surface area contributed by atoms with Crippen molar-refractivity contribution >= 4 is 34.9 Å². The predicted octanol–water partition coefficient (Wildman–Crippen LogP) is 3.36. The summed E-state index contributed by atoms with van der Waals surface area (Å²) in [6.45, 7) is 3.27. The van der Waals surface area contributed by atoms with Gasteiger partial charge in [0.2, 0.25) is 11.8 Å². The van der Waals surface area contributed by atoms with Crippen molar-refractivity contribution in [3.63, 3.8) is 0 Å². The van der Waals surface area contributed by atoms with Crippen LogP contribution in [0.15, 0.2) is 42.5 Å². The maximum absolute atomic E-state index is 12.7. The molecule has 0 spiro atoms. The van der Waals surface area contributed by atoms with Crippen LogP contribution in [0.1, 0.15) is 25.1 Å². The molecule has 3 amide bonds. The second-order valence-electron chi connectivity index (χ2n) is 7.84. The quantitative estimate of drug-likeness (QED) is 0.494. The fourth-order valence-corrected chi connectivity index (χ4v) is 3.95. The molecule has 34 heavy (non-hydrogen) atoms. The summed E-state index contributed by atoms with van der Waals surface area (Å²) in [5.74, 6) is 0.871. The minimum absolute atomic E-state index is 0.0845. The van der Waals surface area contributed by atoms with Gasteiger partial charge in [-0.05, 0) is 48.9 Å². The van der Waals surface area contributed by atoms with Gasteiger partial charge in [-0.15, -0.1) is 0 Å². The van der Waals surface area contributed by atoms with Gasteiger partial charge in [0.25, 0.3) is 5.91 Å². The molecule has 1 aromatic heterocycles. The molecule has 0 aliphatic carbocycles. The van der Waals surface area contributed by atoms with E-state index < -0.39 is 6.04 Å². The van der Waals surface area contributed by atoms with Crippen LogP contribution in [0, 0.1) is 6.92 Å². The molecule has 1 aliphatic heterocycles. The van der Waals surface area contributed by atoms with E-state index in [1.807, 2.05) is 19.1 Å². The van der Waals surface area contributed by atoms with Crippen LogP contribution in [-0.2, 0) is 14.4 Å². The number of rotatable bonds is 7. The number of hydrogen-bond acceptors (Lipinski definition) is 6. The van der Waals surface area contributed by atoms with Crippen LogP contribution in [0.4, 0.5) is 17.2 Å². The molecule has 1 atom stereocenters. The molecule has 0 saturated carbocycles. The minimum Gasteiger partial charge on any atom is -0.493 e. The Morgan fingerprint density at radius 2 is 1.68 bits per heavy atom. The number of fused-ring (bicyclic) bond motifs is 1. The van der Waals surface area contributed by atoms with Crippen LogP contribution in [0.3, 0.4) is 0 Å². The van der Waals surface area contributed by atoms with E-state index in [9.17, 15) is 14.4 Å². The van der Waals surface area contributed by atoms with Gasteiger partial charge in [-0.1, -0.05) is 6.07 Å². The van der Waals surface area contributed by atoms with Gasteiger partial charge in [0, 0.05) is 23.9 Å². The third-order valence-electron chi connectivity index (χ3n) is 5.46. The average molecular weight is 463 g/mol. The van der Waals surface area contributed by atoms with Gasteiger partial charge in [-0.25, -0.2) is 4.68 Å². The number of methoxy groups -OCH3 is 2. The molecule has 1 unspecified atom stereocenters. The summed E-state index contributed by atoms with van der Waals surface area (Å²) in [5, 5.41) is 12.8. The fraction of sp³-hybridized carbons (Fsp3) is 0.250. The van der Waals surface area contributed by atoms with Gasteiger partial charge in [0.1, 0.15) is 11.9 Å². The fourth-order valence-electron chi connectivity index (χ4n) is 3.95. The first-order chi connectivity index (χ1) is 16.3. The van der Waals surface area contributed by atoms with Crippen molar-refractivity contribution in [3.8, 4) is 22.6 Å². The van der Waals surface area contributed by atoms with Crippen molar-refractivity contribution in [2.45, 2.75) is 26.3 Å². The van der Waals surface area contributed by atoms with Gasteiger partial charge in [-0.2, -0.15) is 5.10 Å². The summed E-state index contributed by atoms with van der Waals surface area (Å²) in [5.41, 5.74) is 3.45. The Kier molecular flexibility index (Phi) is 6.22. The summed E-state index contributed by atoms with van der Waals surface area (Å²) in [6, 6.07) is 11.4. The highest BCUT2D eigenvalue weighted by Crippen LogP contribution is 2.41. The molecule has 10 heteroatoms. The number of aryl methyl sites for hydroxylation is 1. The summed E-state index contributed by atoms with van der Waals surface area (Å²) in [4.78, 5) is 36.5. The highest BCUT2D eigenvalue weighted by molar-refractivity contribution is 6.04. The first-order valence-electron chi connectivity index (χ1n) is 10.6. The van der Waals surface area contributed by atoms with Crippen molar-refractivity contribution in [1.82, 2.24) is 9.78 Å². The van der Waals surface area contributed by atoms with Crippen LogP contribution in [0.25, 0.3) is 11.1 Å². The third-order valence-corrected chi connectivity index (χ3v) is 5.46. The monoisotopic (exact) mass is 463 g/mol. The second-order valence-corrected chi connectivity index (χ2v) is 7.84. The standard InChI is InChI=1S/C24H25N5O5/c1-13-22(15-5-10-19(33-3)20(11-15)34-4)23-27-24(32)18(29(23)28-13)12-21(31)26-17-8-6-16(7-9-17)25-14(2)30/h5-11,18H,12H2,1-4H3,(H,25,30)(H,26,31)(H,27,32). The lowest BCUT2D eigenvalue weighted by Gasteiger charge is -2.10. The molecule has 3 aromatic rings. The first-order valence-corrected chi connectivity index (χ1v) is 10.6. The van der Waals surface area contributed by atoms with E-state index in [2.05, 4.69) is 21.0 Å². The number of aromatic nitrogens is 2. The first kappa shape index (κ1) is 22.8. The third kappa shape index (κ3) is 4.42. The van der Waals surface area contributed by atoms with Crippen molar-refractivity contribution in [2.75, 3.05) is 30.2 Å². The minimum atomic E-state index is -0.777. The highest BCUT2D eigenvalue weighted by atomic mass is 16.5. The Morgan fingerprint density at radius 3 is 2.29 bits per heavy atom. The van der Waals surface area contributed by atoms with Crippen molar-refractivity contribution in [1.29, 1.82) is 0 Å². The second kappa shape index (κ2) is 9.26. The van der Waals surface area contributed by atoms with Crippen LogP contribution >= 0.6 is 0 Å². The number of ether oxygens (including phenoxy) is 2. The van der Waals surface area contributed by atoms with Crippen molar-refractivity contribution in [2.24, 2.45) is 0 Å². The molecule has 4 rings (SSSR count). The summed E-state index contributed by atoms with van der Waals surface area (Å²) < 4.78 is 12.3. The number of hydrogen-bond donors (Lipinski definition) is 3. The number of anilines is 3. The number of carbonyl (C=O) groups excluding carboxylic acids is 3. The van der Waals surface area contributed by atoms with Crippen LogP contribution in [0.5, 0.6) is 11.5 Å². The smallest absolute Gasteiger partial charge is 0.251 e. The lowest BCUT2D eigenvalue weighted by molar-refractivity contribution is -0.123. The Balaban J connectivity index is 1.53. The van der Waals surface area contributed by atoms with E-state index in [0.717, 1.165) is 11.1 Å². The maximum atomic E-state index is 12.7. The molecule has 3 N–H and O–H groups in total. The zero-order valence-corrected chi connectivity index (χ0v) is 19.3. The number of nitrogens with one attached hydrogen (secondary N) is 3. The van der Waals surface area contributed by atoms with Gasteiger partial charge in [0.15, 0.2) is 11.5 Å². The number of nitrogens with zero attached hydrogens (tertiary/aromatic N) is 2. The predicted molar refractivity (Wildman–Crippen MR) is 127 cm³/mol. The Labute approximate surface area is 196 Å². The number of benzene rings is 2. The van der Waals surface area contributed by atoms with E-state index in [-0.39, 0.29) is 24.1 Å². The largest absolute Gasteiger partial charge is 0.493 e. The summed E-state index contributed by atoms with van der Waals surface area (Å²) >= 11 is 0. The molecule has 2 aromatic carbocycles. The molecule has 176 valence electrons. The van der Waals surface area contributed by atoms with Gasteiger partial charge >= 0.3 is 0 Å². The SMILES string of the molecule is COc1ccc(-c2c(C)nn3c2NC(=O)C3CC(=O)Nc2ccc(NC(C)=O)cc2)cc1OC. The molecule has 2 heterocycles. The number of carbonyl (C=O) groups is 3. The molecule has 10 nitrogen and oxygen atoms in total. The highest BCUT2D eigenvalue weighted by Gasteiger charge is 2.36. The Bertz CT molecular complexity index is 1270. The van der Waals surface area contributed by atoms with Crippen LogP contribution in [0.2, 0.25) is 0 Å². The zero-order chi connectivity index (χ0) is 24.4. The number of amides is 3. The maximum Gasteiger partial charge on any atom is 0.251 e. The normalized spacial score (nSPS) is 14.2. The van der Waals surface area contributed by atoms with E-state index in [0.29, 0.717) is 34.4 Å². The lowest BCUT2D eigenvalue weighted by atomic mass is 10.1. The Morgan fingerprint density at radius 1 is 1.03 bits per heavy atom. The molecular formula is C24H25N5O5. The topological polar surface area (TPSA) is 124 Å². The van der Waals surface area contributed by atoms with Crippen LogP contribution in [-0.4, -0.2) is 41.7 Å².